The Bertz CT molecular complexity index is 396. The van der Waals surface area contributed by atoms with Crippen LogP contribution < -0.4 is 45.1 Å². The van der Waals surface area contributed by atoms with Crippen LogP contribution in [-0.2, 0) is 19.2 Å². The van der Waals surface area contributed by atoms with Gasteiger partial charge in [0.1, 0.15) is 0 Å². The molecule has 0 spiro atoms. The Morgan fingerprint density at radius 1 is 0.407 bits per heavy atom. The maximum absolute atomic E-state index is 10.7. The maximum Gasteiger partial charge on any atom is 0.233 e. The summed E-state index contributed by atoms with van der Waals surface area (Å²) in [7, 11) is 0. The molecule has 0 fully saturated rings. The van der Waals surface area contributed by atoms with Crippen molar-refractivity contribution in [1.82, 2.24) is 21.7 Å². The number of carbonyl (C=O) groups excluding carboxylic acids is 4. The standard InChI is InChI=1S/C8H18N4O2.C7H16N4O2/c9-11-7(13)5-3-1-2-4-6-8(14)12-10;8-10-6(12)4-2-1-3-5-7(13)11-9/h1-6,9-10H2,(H,11,13)(H,12,14);1-5,8-9H2,(H,10,12)(H,11,13). The molecular formula is C15H34N8O4. The minimum absolute atomic E-state index is 0.148. The summed E-state index contributed by atoms with van der Waals surface area (Å²) in [5, 5.41) is 0. The van der Waals surface area contributed by atoms with Crippen molar-refractivity contribution in [3.63, 3.8) is 0 Å². The van der Waals surface area contributed by atoms with Gasteiger partial charge in [-0.1, -0.05) is 19.3 Å². The number of hydrogen-bond donors (Lipinski definition) is 8. The van der Waals surface area contributed by atoms with Crippen molar-refractivity contribution in [2.24, 2.45) is 23.4 Å². The van der Waals surface area contributed by atoms with E-state index in [1.54, 1.807) is 0 Å². The Morgan fingerprint density at radius 3 is 0.778 bits per heavy atom. The third-order valence-electron chi connectivity index (χ3n) is 3.51. The lowest BCUT2D eigenvalue weighted by Crippen LogP contribution is -2.30. The van der Waals surface area contributed by atoms with Gasteiger partial charge in [0.05, 0.1) is 0 Å². The van der Waals surface area contributed by atoms with Gasteiger partial charge < -0.3 is 0 Å². The molecule has 0 rings (SSSR count). The van der Waals surface area contributed by atoms with Crippen LogP contribution in [0.15, 0.2) is 0 Å². The van der Waals surface area contributed by atoms with Gasteiger partial charge in [-0.3, -0.25) is 40.9 Å². The Kier molecular flexibility index (Phi) is 20.0. The molecule has 12 nitrogen and oxygen atoms in total. The van der Waals surface area contributed by atoms with Crippen LogP contribution >= 0.6 is 0 Å². The summed E-state index contributed by atoms with van der Waals surface area (Å²) in [6, 6.07) is 0. The summed E-state index contributed by atoms with van der Waals surface area (Å²) in [6.45, 7) is 0. The zero-order chi connectivity index (χ0) is 20.9. The molecule has 0 radical (unpaired) electrons. The molecule has 0 aromatic rings. The molecule has 27 heavy (non-hydrogen) atoms. The minimum Gasteiger partial charge on any atom is -0.294 e. The fourth-order valence-electron chi connectivity index (χ4n) is 1.96. The van der Waals surface area contributed by atoms with Gasteiger partial charge in [-0.2, -0.15) is 0 Å². The van der Waals surface area contributed by atoms with E-state index in [1.165, 1.54) is 0 Å². The van der Waals surface area contributed by atoms with Crippen LogP contribution in [0, 0.1) is 0 Å². The predicted molar refractivity (Wildman–Crippen MR) is 100 cm³/mol. The average Bonchev–Trinajstić information content (AvgIpc) is 2.69. The summed E-state index contributed by atoms with van der Waals surface area (Å²) >= 11 is 0. The van der Waals surface area contributed by atoms with Crippen LogP contribution in [0.2, 0.25) is 0 Å². The SMILES string of the molecule is NNC(=O)CCCCCC(=O)NN.NNC(=O)CCCCCCC(=O)NN. The van der Waals surface area contributed by atoms with Gasteiger partial charge >= 0.3 is 0 Å². The second-order valence-corrected chi connectivity index (χ2v) is 5.74. The lowest BCUT2D eigenvalue weighted by atomic mass is 10.1. The van der Waals surface area contributed by atoms with E-state index < -0.39 is 0 Å². The fourth-order valence-corrected chi connectivity index (χ4v) is 1.96. The van der Waals surface area contributed by atoms with Crippen LogP contribution in [0.25, 0.3) is 0 Å². The fraction of sp³-hybridized carbons (Fsp3) is 0.733. The third-order valence-corrected chi connectivity index (χ3v) is 3.51. The van der Waals surface area contributed by atoms with Gasteiger partial charge in [0.2, 0.25) is 23.6 Å². The van der Waals surface area contributed by atoms with E-state index in [-0.39, 0.29) is 23.6 Å². The molecular weight excluding hydrogens is 356 g/mol. The monoisotopic (exact) mass is 390 g/mol. The molecule has 0 aliphatic rings. The normalized spacial score (nSPS) is 9.48. The summed E-state index contributed by atoms with van der Waals surface area (Å²) in [5.41, 5.74) is 8.20. The van der Waals surface area contributed by atoms with Crippen LogP contribution in [0.4, 0.5) is 0 Å². The first-order chi connectivity index (χ1) is 12.9. The number of hydrazine groups is 4. The smallest absolute Gasteiger partial charge is 0.233 e. The van der Waals surface area contributed by atoms with E-state index in [0.29, 0.717) is 25.7 Å². The Balaban J connectivity index is 0. The molecule has 4 amide bonds. The van der Waals surface area contributed by atoms with Crippen molar-refractivity contribution in [3.05, 3.63) is 0 Å². The zero-order valence-electron chi connectivity index (χ0n) is 15.7. The summed E-state index contributed by atoms with van der Waals surface area (Å²) in [4.78, 5) is 42.6. The van der Waals surface area contributed by atoms with Gasteiger partial charge in [-0.15, -0.1) is 0 Å². The maximum atomic E-state index is 10.7. The highest BCUT2D eigenvalue weighted by Crippen LogP contribution is 2.05. The van der Waals surface area contributed by atoms with Crippen LogP contribution in [0.3, 0.4) is 0 Å². The molecule has 0 unspecified atom stereocenters. The van der Waals surface area contributed by atoms with E-state index in [2.05, 4.69) is 10.9 Å². The van der Waals surface area contributed by atoms with E-state index in [9.17, 15) is 19.2 Å². The molecule has 0 heterocycles. The Morgan fingerprint density at radius 2 is 0.593 bits per heavy atom. The number of carbonyl (C=O) groups is 4. The van der Waals surface area contributed by atoms with Gasteiger partial charge in [0, 0.05) is 25.7 Å². The quantitative estimate of drug-likeness (QED) is 0.0775. The largest absolute Gasteiger partial charge is 0.294 e. The first-order valence-corrected chi connectivity index (χ1v) is 8.89. The summed E-state index contributed by atoms with van der Waals surface area (Å²) in [6.07, 6.45) is 7.43. The molecule has 0 aromatic heterocycles. The third kappa shape index (κ3) is 21.7. The predicted octanol–water partition coefficient (Wildman–Crippen LogP) is -1.78. The summed E-state index contributed by atoms with van der Waals surface area (Å²) < 4.78 is 0. The van der Waals surface area contributed by atoms with Crippen LogP contribution in [0.5, 0.6) is 0 Å². The molecule has 0 aliphatic heterocycles. The lowest BCUT2D eigenvalue weighted by Gasteiger charge is -2.00. The van der Waals surface area contributed by atoms with Crippen molar-refractivity contribution in [3.8, 4) is 0 Å². The molecule has 0 aromatic carbocycles. The molecule has 0 atom stereocenters. The first kappa shape index (κ1) is 26.9. The number of nitrogens with two attached hydrogens (primary N) is 4. The van der Waals surface area contributed by atoms with Gasteiger partial charge in [-0.05, 0) is 25.7 Å². The number of rotatable bonds is 13. The molecule has 12 N–H and O–H groups in total. The second kappa shape index (κ2) is 20.0. The number of unbranched alkanes of at least 4 members (excludes halogenated alkanes) is 5. The summed E-state index contributed by atoms with van der Waals surface area (Å²) in [5.74, 6) is 18.9. The van der Waals surface area contributed by atoms with E-state index >= 15 is 0 Å². The van der Waals surface area contributed by atoms with Crippen LogP contribution in [-0.4, -0.2) is 23.6 Å². The molecule has 0 bridgehead atoms. The highest BCUT2D eigenvalue weighted by Gasteiger charge is 2.01. The molecule has 0 saturated heterocycles. The molecule has 12 heteroatoms. The highest BCUT2D eigenvalue weighted by molar-refractivity contribution is 5.76. The van der Waals surface area contributed by atoms with Crippen LogP contribution in [0.1, 0.15) is 70.6 Å². The van der Waals surface area contributed by atoms with Crippen molar-refractivity contribution in [2.75, 3.05) is 0 Å². The minimum atomic E-state index is -0.178. The molecule has 0 aliphatic carbocycles. The van der Waals surface area contributed by atoms with Gasteiger partial charge in [-0.25, -0.2) is 23.4 Å². The Hall–Kier alpha value is -2.28. The first-order valence-electron chi connectivity index (χ1n) is 8.89. The second-order valence-electron chi connectivity index (χ2n) is 5.74. The molecule has 0 saturated carbocycles. The zero-order valence-corrected chi connectivity index (χ0v) is 15.7. The number of hydrogen-bond acceptors (Lipinski definition) is 8. The molecule has 158 valence electrons. The topological polar surface area (TPSA) is 220 Å². The average molecular weight is 390 g/mol. The number of amides is 4. The van der Waals surface area contributed by atoms with Gasteiger partial charge in [0.15, 0.2) is 0 Å². The van der Waals surface area contributed by atoms with Crippen molar-refractivity contribution < 1.29 is 19.2 Å². The number of nitrogens with one attached hydrogen (secondary N) is 4. The Labute approximate surface area is 159 Å². The van der Waals surface area contributed by atoms with Crippen molar-refractivity contribution in [1.29, 1.82) is 0 Å². The van der Waals surface area contributed by atoms with E-state index in [0.717, 1.165) is 44.9 Å². The van der Waals surface area contributed by atoms with Gasteiger partial charge in [0.25, 0.3) is 0 Å². The van der Waals surface area contributed by atoms with E-state index in [1.807, 2.05) is 10.9 Å². The highest BCUT2D eigenvalue weighted by atomic mass is 16.2. The van der Waals surface area contributed by atoms with Crippen molar-refractivity contribution >= 4 is 23.6 Å². The van der Waals surface area contributed by atoms with Crippen molar-refractivity contribution in [2.45, 2.75) is 70.6 Å². The van der Waals surface area contributed by atoms with E-state index in [4.69, 9.17) is 23.4 Å². The lowest BCUT2D eigenvalue weighted by molar-refractivity contribution is -0.122.